The van der Waals surface area contributed by atoms with Gasteiger partial charge in [0.1, 0.15) is 11.5 Å². The molecule has 0 spiro atoms. The molecule has 0 fully saturated rings. The lowest BCUT2D eigenvalue weighted by Crippen LogP contribution is -2.09. The van der Waals surface area contributed by atoms with Gasteiger partial charge in [-0.05, 0) is 19.9 Å². The highest BCUT2D eigenvalue weighted by molar-refractivity contribution is 6.29. The maximum Gasteiger partial charge on any atom is 0.132 e. The van der Waals surface area contributed by atoms with Gasteiger partial charge in [0, 0.05) is 0 Å². The first-order valence-electron chi connectivity index (χ1n) is 4.58. The van der Waals surface area contributed by atoms with Crippen molar-refractivity contribution in [2.45, 2.75) is 39.0 Å². The molecule has 1 rings (SSSR count). The molecule has 0 bridgehead atoms. The Balaban J connectivity index is 0.000000500. The van der Waals surface area contributed by atoms with Crippen molar-refractivity contribution < 1.29 is 0 Å². The first-order valence-corrected chi connectivity index (χ1v) is 5.34. The van der Waals surface area contributed by atoms with Crippen molar-refractivity contribution in [1.29, 1.82) is 0 Å². The molecule has 0 aliphatic carbocycles. The molecule has 0 unspecified atom stereocenters. The standard InChI is InChI=1S/C7H8Cl2N2.C3H8/c1-7(2,9)5-3-6(8)11-4-10-5;1-3-2/h3-4H,1-2H3;3H2,1-2H3. The number of hydrogen-bond acceptors (Lipinski definition) is 2. The van der Waals surface area contributed by atoms with Crippen LogP contribution in [-0.4, -0.2) is 9.97 Å². The number of alkyl halides is 1. The van der Waals surface area contributed by atoms with Gasteiger partial charge in [-0.3, -0.25) is 0 Å². The molecule has 0 aliphatic rings. The molecular weight excluding hydrogens is 219 g/mol. The van der Waals surface area contributed by atoms with E-state index in [0.717, 1.165) is 5.69 Å². The Morgan fingerprint density at radius 1 is 1.29 bits per heavy atom. The predicted octanol–water partition coefficient (Wildman–Crippen LogP) is 4.02. The summed E-state index contributed by atoms with van der Waals surface area (Å²) in [6.07, 6.45) is 2.65. The summed E-state index contributed by atoms with van der Waals surface area (Å²) in [5.74, 6) is 0. The fourth-order valence-corrected chi connectivity index (χ4v) is 0.909. The van der Waals surface area contributed by atoms with E-state index in [1.807, 2.05) is 13.8 Å². The lowest BCUT2D eigenvalue weighted by Gasteiger charge is -2.13. The molecule has 1 aromatic heterocycles. The van der Waals surface area contributed by atoms with Crippen molar-refractivity contribution in [3.05, 3.63) is 23.2 Å². The van der Waals surface area contributed by atoms with Gasteiger partial charge >= 0.3 is 0 Å². The summed E-state index contributed by atoms with van der Waals surface area (Å²) in [5.41, 5.74) is 0.735. The summed E-state index contributed by atoms with van der Waals surface area (Å²) in [4.78, 5) is 7.25. The minimum absolute atomic E-state index is 0.420. The summed E-state index contributed by atoms with van der Waals surface area (Å²) in [5, 5.41) is 0.420. The topological polar surface area (TPSA) is 25.8 Å². The molecule has 2 nitrogen and oxygen atoms in total. The van der Waals surface area contributed by atoms with Crippen LogP contribution in [0.4, 0.5) is 0 Å². The first-order chi connectivity index (χ1) is 6.41. The van der Waals surface area contributed by atoms with E-state index in [0.29, 0.717) is 5.15 Å². The van der Waals surface area contributed by atoms with E-state index in [9.17, 15) is 0 Å². The van der Waals surface area contributed by atoms with E-state index in [1.54, 1.807) is 6.07 Å². The second kappa shape index (κ2) is 6.20. The molecule has 80 valence electrons. The van der Waals surface area contributed by atoms with Gasteiger partial charge in [0.25, 0.3) is 0 Å². The van der Waals surface area contributed by atoms with Gasteiger partial charge in [-0.15, -0.1) is 11.6 Å². The molecule has 4 heteroatoms. The van der Waals surface area contributed by atoms with Crippen LogP contribution in [0, 0.1) is 0 Å². The molecule has 0 amide bonds. The van der Waals surface area contributed by atoms with Crippen molar-refractivity contribution in [2.75, 3.05) is 0 Å². The second-order valence-electron chi connectivity index (χ2n) is 3.41. The predicted molar refractivity (Wildman–Crippen MR) is 61.9 cm³/mol. The molecule has 0 atom stereocenters. The van der Waals surface area contributed by atoms with Gasteiger partial charge in [-0.1, -0.05) is 31.9 Å². The van der Waals surface area contributed by atoms with Crippen LogP contribution < -0.4 is 0 Å². The van der Waals surface area contributed by atoms with Crippen LogP contribution in [-0.2, 0) is 4.87 Å². The highest BCUT2D eigenvalue weighted by Gasteiger charge is 2.18. The van der Waals surface area contributed by atoms with Gasteiger partial charge < -0.3 is 0 Å². The number of hydrogen-bond donors (Lipinski definition) is 0. The minimum atomic E-state index is -0.480. The average molecular weight is 235 g/mol. The highest BCUT2D eigenvalue weighted by Crippen LogP contribution is 2.26. The quantitative estimate of drug-likeness (QED) is 0.542. The van der Waals surface area contributed by atoms with Gasteiger partial charge in [0.2, 0.25) is 0 Å². The van der Waals surface area contributed by atoms with E-state index < -0.39 is 4.87 Å². The van der Waals surface area contributed by atoms with Crippen LogP contribution in [0.25, 0.3) is 0 Å². The molecule has 1 heterocycles. The SMILES string of the molecule is CC(C)(Cl)c1cc(Cl)ncn1.CCC. The fourth-order valence-electron chi connectivity index (χ4n) is 0.659. The Bertz CT molecular complexity index is 269. The molecule has 0 N–H and O–H groups in total. The van der Waals surface area contributed by atoms with Crippen molar-refractivity contribution in [3.63, 3.8) is 0 Å². The third-order valence-electron chi connectivity index (χ3n) is 1.24. The third-order valence-corrected chi connectivity index (χ3v) is 1.64. The minimum Gasteiger partial charge on any atom is -0.239 e. The summed E-state index contributed by atoms with van der Waals surface area (Å²) < 4.78 is 0. The van der Waals surface area contributed by atoms with Crippen LogP contribution in [0.1, 0.15) is 39.8 Å². The number of rotatable bonds is 1. The maximum absolute atomic E-state index is 5.98. The van der Waals surface area contributed by atoms with E-state index in [1.165, 1.54) is 12.7 Å². The zero-order valence-electron chi connectivity index (χ0n) is 9.01. The monoisotopic (exact) mass is 234 g/mol. The highest BCUT2D eigenvalue weighted by atomic mass is 35.5. The van der Waals surface area contributed by atoms with Crippen LogP contribution in [0.5, 0.6) is 0 Å². The largest absolute Gasteiger partial charge is 0.239 e. The van der Waals surface area contributed by atoms with Gasteiger partial charge in [-0.25, -0.2) is 9.97 Å². The van der Waals surface area contributed by atoms with Crippen LogP contribution in [0.2, 0.25) is 5.15 Å². The second-order valence-corrected chi connectivity index (χ2v) is 4.74. The zero-order chi connectivity index (χ0) is 11.2. The molecule has 0 aromatic carbocycles. The third kappa shape index (κ3) is 5.40. The number of halogens is 2. The number of aromatic nitrogens is 2. The normalized spacial score (nSPS) is 10.4. The summed E-state index contributed by atoms with van der Waals surface area (Å²) >= 11 is 11.6. The Morgan fingerprint density at radius 3 is 2.07 bits per heavy atom. The lowest BCUT2D eigenvalue weighted by molar-refractivity contribution is 0.726. The van der Waals surface area contributed by atoms with Crippen molar-refractivity contribution >= 4 is 23.2 Å². The summed E-state index contributed by atoms with van der Waals surface area (Å²) in [6, 6.07) is 1.66. The maximum atomic E-state index is 5.98. The molecule has 0 aliphatic heterocycles. The van der Waals surface area contributed by atoms with Crippen molar-refractivity contribution in [2.24, 2.45) is 0 Å². The summed E-state index contributed by atoms with van der Waals surface area (Å²) in [6.45, 7) is 7.96. The molecule has 0 saturated heterocycles. The van der Waals surface area contributed by atoms with E-state index in [2.05, 4.69) is 23.8 Å². The Labute approximate surface area is 95.7 Å². The van der Waals surface area contributed by atoms with E-state index >= 15 is 0 Å². The summed E-state index contributed by atoms with van der Waals surface area (Å²) in [7, 11) is 0. The molecule has 0 radical (unpaired) electrons. The Hall–Kier alpha value is -0.340. The van der Waals surface area contributed by atoms with Crippen LogP contribution in [0.3, 0.4) is 0 Å². The van der Waals surface area contributed by atoms with E-state index in [-0.39, 0.29) is 0 Å². The molecule has 1 aromatic rings. The molecule has 0 saturated carbocycles. The average Bonchev–Trinajstić information content (AvgIpc) is 2.04. The van der Waals surface area contributed by atoms with E-state index in [4.69, 9.17) is 23.2 Å². The Kier molecular flexibility index (Phi) is 6.05. The molecular formula is C10H16Cl2N2. The molecule has 14 heavy (non-hydrogen) atoms. The van der Waals surface area contributed by atoms with Gasteiger partial charge in [-0.2, -0.15) is 0 Å². The smallest absolute Gasteiger partial charge is 0.132 e. The lowest BCUT2D eigenvalue weighted by atomic mass is 10.1. The van der Waals surface area contributed by atoms with Crippen LogP contribution >= 0.6 is 23.2 Å². The van der Waals surface area contributed by atoms with Crippen molar-refractivity contribution in [3.8, 4) is 0 Å². The first kappa shape index (κ1) is 13.7. The number of nitrogens with zero attached hydrogens (tertiary/aromatic N) is 2. The van der Waals surface area contributed by atoms with Crippen LogP contribution in [0.15, 0.2) is 12.4 Å². The van der Waals surface area contributed by atoms with Gasteiger partial charge in [0.05, 0.1) is 10.6 Å². The Morgan fingerprint density at radius 2 is 1.79 bits per heavy atom. The zero-order valence-corrected chi connectivity index (χ0v) is 10.5. The van der Waals surface area contributed by atoms with Crippen molar-refractivity contribution in [1.82, 2.24) is 9.97 Å². The fraction of sp³-hybridized carbons (Fsp3) is 0.600. The van der Waals surface area contributed by atoms with Gasteiger partial charge in [0.15, 0.2) is 0 Å².